The van der Waals surface area contributed by atoms with E-state index in [0.717, 1.165) is 26.9 Å². The Balaban J connectivity index is 1.82. The molecule has 25 heavy (non-hydrogen) atoms. The lowest BCUT2D eigenvalue weighted by Gasteiger charge is -2.38. The monoisotopic (exact) mass is 463 g/mol. The third-order valence-electron chi connectivity index (χ3n) is 5.16. The maximum absolute atomic E-state index is 5.55. The highest BCUT2D eigenvalue weighted by atomic mass is 79.9. The van der Waals surface area contributed by atoms with Gasteiger partial charge in [-0.25, -0.2) is 0 Å². The second kappa shape index (κ2) is 6.69. The maximum atomic E-state index is 5.55. The predicted molar refractivity (Wildman–Crippen MR) is 108 cm³/mol. The second-order valence-corrected chi connectivity index (χ2v) is 8.13. The van der Waals surface area contributed by atoms with E-state index in [9.17, 15) is 0 Å². The average molecular weight is 465 g/mol. The molecule has 4 rings (SSSR count). The van der Waals surface area contributed by atoms with E-state index in [1.165, 1.54) is 16.8 Å². The number of benzene rings is 2. The minimum Gasteiger partial charge on any atom is -0.493 e. The highest BCUT2D eigenvalue weighted by Crippen LogP contribution is 2.52. The molecule has 0 aromatic heterocycles. The quantitative estimate of drug-likeness (QED) is 0.560. The zero-order chi connectivity index (χ0) is 17.6. The van der Waals surface area contributed by atoms with Gasteiger partial charge in [0.05, 0.1) is 30.4 Å². The zero-order valence-electron chi connectivity index (χ0n) is 14.1. The largest absolute Gasteiger partial charge is 0.493 e. The third kappa shape index (κ3) is 2.77. The topological polar surface area (TPSA) is 30.5 Å². The summed E-state index contributed by atoms with van der Waals surface area (Å²) in [4.78, 5) is 0. The molecule has 0 amide bonds. The minimum atomic E-state index is 0.210. The van der Waals surface area contributed by atoms with E-state index < -0.39 is 0 Å². The van der Waals surface area contributed by atoms with Crippen molar-refractivity contribution in [3.8, 4) is 11.5 Å². The van der Waals surface area contributed by atoms with E-state index in [4.69, 9.17) is 9.47 Å². The van der Waals surface area contributed by atoms with Crippen LogP contribution in [0.25, 0.3) is 0 Å². The first kappa shape index (κ1) is 17.0. The highest BCUT2D eigenvalue weighted by molar-refractivity contribution is 9.11. The molecular formula is C20H19Br2NO2. The maximum Gasteiger partial charge on any atom is 0.174 e. The molecule has 0 saturated heterocycles. The first-order valence-electron chi connectivity index (χ1n) is 8.27. The molecule has 5 heteroatoms. The number of allylic oxidation sites excluding steroid dienone is 2. The molecule has 2 aromatic carbocycles. The number of fused-ring (bicyclic) bond motifs is 3. The predicted octanol–water partition coefficient (Wildman–Crippen LogP) is 6.06. The molecule has 0 saturated carbocycles. The van der Waals surface area contributed by atoms with Crippen LogP contribution in [0.1, 0.15) is 29.5 Å². The van der Waals surface area contributed by atoms with E-state index in [1.54, 1.807) is 14.2 Å². The molecule has 3 nitrogen and oxygen atoms in total. The van der Waals surface area contributed by atoms with Crippen LogP contribution in [0.2, 0.25) is 0 Å². The summed E-state index contributed by atoms with van der Waals surface area (Å²) in [5.74, 6) is 2.40. The van der Waals surface area contributed by atoms with Gasteiger partial charge in [-0.1, -0.05) is 24.3 Å². The minimum absolute atomic E-state index is 0.210. The van der Waals surface area contributed by atoms with Gasteiger partial charge in [0, 0.05) is 10.4 Å². The van der Waals surface area contributed by atoms with Gasteiger partial charge in [-0.15, -0.1) is 0 Å². The summed E-state index contributed by atoms with van der Waals surface area (Å²) in [5, 5.41) is 3.76. The Hall–Kier alpha value is -1.46. The summed E-state index contributed by atoms with van der Waals surface area (Å²) < 4.78 is 13.0. The molecular weight excluding hydrogens is 446 g/mol. The van der Waals surface area contributed by atoms with Gasteiger partial charge in [-0.05, 0) is 73.5 Å². The summed E-state index contributed by atoms with van der Waals surface area (Å²) >= 11 is 7.33. The molecule has 130 valence electrons. The van der Waals surface area contributed by atoms with E-state index in [0.29, 0.717) is 11.8 Å². The molecule has 2 aromatic rings. The highest BCUT2D eigenvalue weighted by Gasteiger charge is 2.38. The molecule has 0 spiro atoms. The van der Waals surface area contributed by atoms with Gasteiger partial charge >= 0.3 is 0 Å². The van der Waals surface area contributed by atoms with E-state index >= 15 is 0 Å². The van der Waals surface area contributed by atoms with Crippen molar-refractivity contribution in [3.63, 3.8) is 0 Å². The molecule has 0 bridgehead atoms. The lowest BCUT2D eigenvalue weighted by atomic mass is 9.77. The molecule has 0 fully saturated rings. The van der Waals surface area contributed by atoms with Crippen LogP contribution < -0.4 is 14.8 Å². The van der Waals surface area contributed by atoms with Gasteiger partial charge in [0.1, 0.15) is 0 Å². The Morgan fingerprint density at radius 1 is 1.08 bits per heavy atom. The molecule has 1 aliphatic heterocycles. The van der Waals surface area contributed by atoms with Crippen molar-refractivity contribution in [2.75, 3.05) is 19.5 Å². The zero-order valence-corrected chi connectivity index (χ0v) is 17.2. The van der Waals surface area contributed by atoms with Crippen molar-refractivity contribution in [2.45, 2.75) is 18.4 Å². The number of hydrogen-bond acceptors (Lipinski definition) is 3. The van der Waals surface area contributed by atoms with Crippen LogP contribution in [0.5, 0.6) is 11.5 Å². The van der Waals surface area contributed by atoms with Crippen molar-refractivity contribution in [1.29, 1.82) is 0 Å². The summed E-state index contributed by atoms with van der Waals surface area (Å²) in [6, 6.07) is 10.9. The standard InChI is InChI=1S/C20H19Br2NO2/c1-24-17-10-11(9-16(22)20(17)25-2)18-13-6-3-5-12(13)14-7-4-8-15(21)19(14)23-18/h3-5,7-10,12-13,18,23H,6H2,1-2H3/t12?,13?,18-/m1/s1. The van der Waals surface area contributed by atoms with E-state index in [-0.39, 0.29) is 6.04 Å². The van der Waals surface area contributed by atoms with Crippen LogP contribution in [0.15, 0.2) is 51.4 Å². The van der Waals surface area contributed by atoms with Crippen molar-refractivity contribution in [1.82, 2.24) is 0 Å². The van der Waals surface area contributed by atoms with E-state index in [2.05, 4.69) is 79.7 Å². The molecule has 1 aliphatic carbocycles. The normalized spacial score (nSPS) is 23.6. The first-order chi connectivity index (χ1) is 12.1. The summed E-state index contributed by atoms with van der Waals surface area (Å²) in [6.07, 6.45) is 5.72. The Morgan fingerprint density at radius 2 is 1.92 bits per heavy atom. The first-order valence-corrected chi connectivity index (χ1v) is 9.85. The third-order valence-corrected chi connectivity index (χ3v) is 6.41. The molecule has 1 N–H and O–H groups in total. The number of rotatable bonds is 3. The van der Waals surface area contributed by atoms with Crippen molar-refractivity contribution >= 4 is 37.5 Å². The number of hydrogen-bond donors (Lipinski definition) is 1. The van der Waals surface area contributed by atoms with Gasteiger partial charge < -0.3 is 14.8 Å². The number of anilines is 1. The summed E-state index contributed by atoms with van der Waals surface area (Å²) in [7, 11) is 3.33. The average Bonchev–Trinajstić information content (AvgIpc) is 3.10. The Labute approximate surface area is 164 Å². The fourth-order valence-electron chi connectivity index (χ4n) is 4.03. The Bertz CT molecular complexity index is 850. The lowest BCUT2D eigenvalue weighted by Crippen LogP contribution is -2.29. The van der Waals surface area contributed by atoms with Gasteiger partial charge in [-0.3, -0.25) is 0 Å². The van der Waals surface area contributed by atoms with Gasteiger partial charge in [0.25, 0.3) is 0 Å². The second-order valence-electron chi connectivity index (χ2n) is 6.42. The van der Waals surface area contributed by atoms with Crippen molar-refractivity contribution in [2.24, 2.45) is 5.92 Å². The van der Waals surface area contributed by atoms with Crippen LogP contribution in [0.4, 0.5) is 5.69 Å². The number of ether oxygens (including phenoxy) is 2. The fraction of sp³-hybridized carbons (Fsp3) is 0.300. The van der Waals surface area contributed by atoms with Crippen LogP contribution in [-0.2, 0) is 0 Å². The van der Waals surface area contributed by atoms with Crippen LogP contribution >= 0.6 is 31.9 Å². The van der Waals surface area contributed by atoms with Gasteiger partial charge in [-0.2, -0.15) is 0 Å². The number of nitrogens with one attached hydrogen (secondary N) is 1. The van der Waals surface area contributed by atoms with Crippen molar-refractivity contribution < 1.29 is 9.47 Å². The summed E-state index contributed by atoms with van der Waals surface area (Å²) in [5.41, 5.74) is 3.75. The number of halogens is 2. The molecule has 2 unspecified atom stereocenters. The molecule has 2 aliphatic rings. The van der Waals surface area contributed by atoms with Crippen LogP contribution in [0, 0.1) is 5.92 Å². The SMILES string of the molecule is COc1cc([C@H]2Nc3c(Br)cccc3C3C=CCC32)cc(Br)c1OC. The van der Waals surface area contributed by atoms with E-state index in [1.807, 2.05) is 0 Å². The fourth-order valence-corrected chi connectivity index (χ4v) is 5.15. The van der Waals surface area contributed by atoms with Gasteiger partial charge in [0.2, 0.25) is 0 Å². The molecule has 0 radical (unpaired) electrons. The molecule has 1 heterocycles. The van der Waals surface area contributed by atoms with Crippen molar-refractivity contribution in [3.05, 3.63) is 62.6 Å². The smallest absolute Gasteiger partial charge is 0.174 e. The Kier molecular flexibility index (Phi) is 4.54. The Morgan fingerprint density at radius 3 is 2.68 bits per heavy atom. The summed E-state index contributed by atoms with van der Waals surface area (Å²) in [6.45, 7) is 0. The number of methoxy groups -OCH3 is 2. The van der Waals surface area contributed by atoms with Gasteiger partial charge in [0.15, 0.2) is 11.5 Å². The van der Waals surface area contributed by atoms with Crippen LogP contribution in [-0.4, -0.2) is 14.2 Å². The lowest BCUT2D eigenvalue weighted by molar-refractivity contribution is 0.351. The number of para-hydroxylation sites is 1. The molecule has 3 atom stereocenters. The van der Waals surface area contributed by atoms with Crippen LogP contribution in [0.3, 0.4) is 0 Å².